The highest BCUT2D eigenvalue weighted by Crippen LogP contribution is 2.30. The summed E-state index contributed by atoms with van der Waals surface area (Å²) >= 11 is 1.93. The second kappa shape index (κ2) is 25.6. The van der Waals surface area contributed by atoms with Gasteiger partial charge < -0.3 is 5.32 Å². The van der Waals surface area contributed by atoms with Crippen LogP contribution in [0, 0.1) is 11.8 Å². The van der Waals surface area contributed by atoms with Gasteiger partial charge in [0, 0.05) is 30.2 Å². The van der Waals surface area contributed by atoms with Crippen LogP contribution in [0.15, 0.2) is 198 Å². The quantitative estimate of drug-likeness (QED) is 0.0780. The lowest BCUT2D eigenvalue weighted by molar-refractivity contribution is 0.612. The largest absolute Gasteiger partial charge is 0.365 e. The summed E-state index contributed by atoms with van der Waals surface area (Å²) in [6.07, 6.45) is 59.6. The molecule has 2 aliphatic carbocycles. The van der Waals surface area contributed by atoms with Crippen LogP contribution in [-0.2, 0) is 0 Å². The second-order valence-electron chi connectivity index (χ2n) is 13.0. The highest BCUT2D eigenvalue weighted by Gasteiger charge is 2.14. The Morgan fingerprint density at radius 1 is 0.882 bits per heavy atom. The van der Waals surface area contributed by atoms with Gasteiger partial charge in [0.05, 0.1) is 0 Å². The fourth-order valence-corrected chi connectivity index (χ4v) is 6.49. The molecule has 3 atom stereocenters. The fourth-order valence-electron chi connectivity index (χ4n) is 6.06. The van der Waals surface area contributed by atoms with Crippen molar-refractivity contribution in [1.29, 1.82) is 0 Å². The zero-order valence-corrected chi connectivity index (χ0v) is 32.6. The van der Waals surface area contributed by atoms with Crippen LogP contribution < -0.4 is 5.32 Å². The Hall–Kier alpha value is -4.27. The number of allylic oxidation sites excluding steroid dienone is 26. The first kappa shape index (κ1) is 41.2. The van der Waals surface area contributed by atoms with Crippen LogP contribution >= 0.6 is 11.8 Å². The Kier molecular flexibility index (Phi) is 20.7. The normalized spacial score (nSPS) is 18.7. The number of hydrogen-bond donors (Lipinski definition) is 1. The van der Waals surface area contributed by atoms with Crippen LogP contribution in [0.1, 0.15) is 77.7 Å². The van der Waals surface area contributed by atoms with Crippen molar-refractivity contribution in [2.75, 3.05) is 12.0 Å². The van der Waals surface area contributed by atoms with E-state index in [1.807, 2.05) is 43.1 Å². The molecule has 0 bridgehead atoms. The minimum atomic E-state index is 0.342. The molecule has 1 aromatic rings. The van der Waals surface area contributed by atoms with Crippen LogP contribution in [0.2, 0.25) is 0 Å². The first-order chi connectivity index (χ1) is 25.1. The maximum Gasteiger partial charge on any atom is 0.0220 e. The van der Waals surface area contributed by atoms with E-state index in [-0.39, 0.29) is 0 Å². The molecule has 0 aliphatic heterocycles. The van der Waals surface area contributed by atoms with E-state index >= 15 is 0 Å². The molecular formula is C49H61NS. The van der Waals surface area contributed by atoms with Gasteiger partial charge in [0.2, 0.25) is 0 Å². The molecule has 0 spiro atoms. The number of thioether (sulfide) groups is 1. The Labute approximate surface area is 315 Å². The minimum absolute atomic E-state index is 0.342. The Morgan fingerprint density at radius 3 is 2.51 bits per heavy atom. The molecule has 0 heterocycles. The lowest BCUT2D eigenvalue weighted by Crippen LogP contribution is -2.05. The predicted octanol–water partition coefficient (Wildman–Crippen LogP) is 14.0. The van der Waals surface area contributed by atoms with Gasteiger partial charge in [-0.25, -0.2) is 0 Å². The molecule has 0 saturated heterocycles. The fraction of sp³-hybridized carbons (Fsp3) is 0.306. The van der Waals surface area contributed by atoms with Gasteiger partial charge in [-0.3, -0.25) is 0 Å². The van der Waals surface area contributed by atoms with Crippen LogP contribution in [-0.4, -0.2) is 12.0 Å². The third-order valence-electron chi connectivity index (χ3n) is 9.06. The van der Waals surface area contributed by atoms with Crippen molar-refractivity contribution in [1.82, 2.24) is 5.32 Å². The number of benzene rings is 1. The van der Waals surface area contributed by atoms with E-state index in [0.29, 0.717) is 17.8 Å². The molecule has 1 nitrogen and oxygen atoms in total. The first-order valence-electron chi connectivity index (χ1n) is 18.8. The van der Waals surface area contributed by atoms with Crippen molar-refractivity contribution >= 4 is 11.8 Å². The van der Waals surface area contributed by atoms with Crippen molar-refractivity contribution in [3.05, 3.63) is 204 Å². The number of rotatable bonds is 21. The van der Waals surface area contributed by atoms with Crippen LogP contribution in [0.5, 0.6) is 0 Å². The molecule has 268 valence electrons. The molecule has 0 saturated carbocycles. The van der Waals surface area contributed by atoms with Crippen LogP contribution in [0.4, 0.5) is 0 Å². The van der Waals surface area contributed by atoms with E-state index in [1.54, 1.807) is 0 Å². The maximum atomic E-state index is 3.50. The Bertz CT molecular complexity index is 1610. The van der Waals surface area contributed by atoms with Crippen molar-refractivity contribution in [2.24, 2.45) is 11.8 Å². The van der Waals surface area contributed by atoms with Crippen molar-refractivity contribution in [2.45, 2.75) is 72.1 Å². The number of nitrogens with one attached hydrogen (secondary N) is 1. The minimum Gasteiger partial charge on any atom is -0.365 e. The SMILES string of the molecule is C/C=C\C=C/NC1=C(C/C(=C\C=C/C)C2=CC=CC(C(C)/C=C/C=C\C=C(/C/C=C\C(C/C=C\C)c3ccccc3)CCCSC)C=C2)C=CC1. The summed E-state index contributed by atoms with van der Waals surface area (Å²) in [4.78, 5) is 0. The smallest absolute Gasteiger partial charge is 0.0220 e. The van der Waals surface area contributed by atoms with E-state index in [4.69, 9.17) is 0 Å². The Balaban J connectivity index is 1.64. The topological polar surface area (TPSA) is 12.0 Å². The van der Waals surface area contributed by atoms with Gasteiger partial charge in [0.25, 0.3) is 0 Å². The van der Waals surface area contributed by atoms with Gasteiger partial charge in [0.1, 0.15) is 0 Å². The molecule has 2 heteroatoms. The van der Waals surface area contributed by atoms with Gasteiger partial charge in [-0.2, -0.15) is 11.8 Å². The van der Waals surface area contributed by atoms with Gasteiger partial charge in [0.15, 0.2) is 0 Å². The summed E-state index contributed by atoms with van der Waals surface area (Å²) in [7, 11) is 0. The highest BCUT2D eigenvalue weighted by atomic mass is 32.2. The van der Waals surface area contributed by atoms with Gasteiger partial charge in [-0.15, -0.1) is 0 Å². The van der Waals surface area contributed by atoms with Gasteiger partial charge in [-0.1, -0.05) is 170 Å². The second-order valence-corrected chi connectivity index (χ2v) is 14.0. The van der Waals surface area contributed by atoms with E-state index in [9.17, 15) is 0 Å². The molecule has 3 unspecified atom stereocenters. The summed E-state index contributed by atoms with van der Waals surface area (Å²) in [6, 6.07) is 10.9. The lowest BCUT2D eigenvalue weighted by Gasteiger charge is -2.13. The standard InChI is InChI=1S/C49H61NS/c1-6-9-18-38-50-49-35-21-34-48(49)40-47(28-11-8-3)46-33-20-31-43(36-37-46)41(4)23-14-12-15-24-42(26-22-39-51-5)25-19-32-44(27-10-7-2)45-29-16-13-17-30-45/h6-21,23-24,28-34,36-38,41,43-44,50H,22,25-27,35,39-40H2,1-5H3/b9-6-,10-7-,11-8-,15-12-,23-14+,32-19-,38-18-,42-24+,47-28+. The van der Waals surface area contributed by atoms with Crippen molar-refractivity contribution in [3.63, 3.8) is 0 Å². The summed E-state index contributed by atoms with van der Waals surface area (Å²) in [6.45, 7) is 8.52. The van der Waals surface area contributed by atoms with E-state index in [1.165, 1.54) is 45.7 Å². The summed E-state index contributed by atoms with van der Waals surface area (Å²) in [5.74, 6) is 2.34. The maximum absolute atomic E-state index is 3.50. The molecule has 51 heavy (non-hydrogen) atoms. The van der Waals surface area contributed by atoms with E-state index < -0.39 is 0 Å². The monoisotopic (exact) mass is 695 g/mol. The number of hydrogen-bond acceptors (Lipinski definition) is 2. The molecule has 0 amide bonds. The highest BCUT2D eigenvalue weighted by molar-refractivity contribution is 7.98. The zero-order chi connectivity index (χ0) is 36.4. The molecular weight excluding hydrogens is 635 g/mol. The molecule has 0 fully saturated rings. The van der Waals surface area contributed by atoms with Crippen LogP contribution in [0.25, 0.3) is 0 Å². The summed E-state index contributed by atoms with van der Waals surface area (Å²) in [5.41, 5.74) is 8.08. The zero-order valence-electron chi connectivity index (χ0n) is 31.8. The molecule has 1 N–H and O–H groups in total. The third-order valence-corrected chi connectivity index (χ3v) is 9.76. The molecule has 3 rings (SSSR count). The summed E-state index contributed by atoms with van der Waals surface area (Å²) < 4.78 is 0. The predicted molar refractivity (Wildman–Crippen MR) is 231 cm³/mol. The van der Waals surface area contributed by atoms with Crippen LogP contribution in [0.3, 0.4) is 0 Å². The third kappa shape index (κ3) is 16.1. The average Bonchev–Trinajstić information content (AvgIpc) is 3.44. The van der Waals surface area contributed by atoms with E-state index in [0.717, 1.165) is 32.1 Å². The average molecular weight is 696 g/mol. The summed E-state index contributed by atoms with van der Waals surface area (Å²) in [5, 5.41) is 3.50. The van der Waals surface area contributed by atoms with Gasteiger partial charge in [-0.05, 0) is 99.2 Å². The molecule has 0 aromatic heterocycles. The first-order valence-corrected chi connectivity index (χ1v) is 20.1. The van der Waals surface area contributed by atoms with Gasteiger partial charge >= 0.3 is 0 Å². The van der Waals surface area contributed by atoms with Crippen molar-refractivity contribution < 1.29 is 0 Å². The molecule has 1 aromatic carbocycles. The van der Waals surface area contributed by atoms with Crippen molar-refractivity contribution in [3.8, 4) is 0 Å². The Morgan fingerprint density at radius 2 is 1.73 bits per heavy atom. The molecule has 0 radical (unpaired) electrons. The molecule has 2 aliphatic rings. The van der Waals surface area contributed by atoms with E-state index in [2.05, 4.69) is 178 Å². The lowest BCUT2D eigenvalue weighted by atomic mass is 9.92.